The summed E-state index contributed by atoms with van der Waals surface area (Å²) in [6, 6.07) is 6.83. The van der Waals surface area contributed by atoms with Crippen LogP contribution in [0.3, 0.4) is 0 Å². The van der Waals surface area contributed by atoms with Crippen molar-refractivity contribution >= 4 is 29.9 Å². The fourth-order valence-corrected chi connectivity index (χ4v) is 2.11. The van der Waals surface area contributed by atoms with Crippen molar-refractivity contribution in [3.63, 3.8) is 0 Å². The van der Waals surface area contributed by atoms with E-state index in [1.54, 1.807) is 30.6 Å². The van der Waals surface area contributed by atoms with E-state index in [-0.39, 0.29) is 0 Å². The highest BCUT2D eigenvalue weighted by Crippen LogP contribution is 2.33. The second-order valence-electron chi connectivity index (χ2n) is 3.51. The van der Waals surface area contributed by atoms with E-state index in [0.29, 0.717) is 11.3 Å². The Bertz CT molecular complexity index is 608. The van der Waals surface area contributed by atoms with E-state index in [2.05, 4.69) is 9.71 Å². The number of carbonyl (C=O) groups is 1. The van der Waals surface area contributed by atoms with E-state index in [1.165, 1.54) is 24.5 Å². The Morgan fingerprint density at radius 2 is 2.33 bits per heavy atom. The number of furan rings is 1. The third-order valence-electron chi connectivity index (χ3n) is 2.32. The molecule has 0 radical (unpaired) electrons. The number of nitrogens with zero attached hydrogens (tertiary/aromatic N) is 1. The Balaban J connectivity index is 1.81. The van der Waals surface area contributed by atoms with Crippen LogP contribution < -0.4 is 9.46 Å². The number of hydrogen-bond acceptors (Lipinski definition) is 6. The van der Waals surface area contributed by atoms with E-state index in [4.69, 9.17) is 9.15 Å². The molecule has 1 aromatic carbocycles. The lowest BCUT2D eigenvalue weighted by atomic mass is 10.3. The van der Waals surface area contributed by atoms with Gasteiger partial charge in [-0.3, -0.25) is 0 Å². The van der Waals surface area contributed by atoms with Crippen LogP contribution in [0.4, 0.5) is 5.69 Å². The van der Waals surface area contributed by atoms with Gasteiger partial charge >= 0.3 is 5.97 Å². The van der Waals surface area contributed by atoms with Crippen LogP contribution in [0, 0.1) is 0 Å². The maximum atomic E-state index is 11.7. The first-order valence-corrected chi connectivity index (χ1v) is 5.98. The topological polar surface area (TPSA) is 63.8 Å². The molecule has 90 valence electrons. The summed E-state index contributed by atoms with van der Waals surface area (Å²) in [5.74, 6) is 0.0346. The van der Waals surface area contributed by atoms with Gasteiger partial charge in [-0.25, -0.2) is 9.79 Å². The van der Waals surface area contributed by atoms with Gasteiger partial charge in [-0.1, -0.05) is 0 Å². The number of aliphatic imine (C=N–C) groups is 1. The number of nitrogens with one attached hydrogen (secondary N) is 1. The van der Waals surface area contributed by atoms with Gasteiger partial charge in [-0.15, -0.1) is 0 Å². The molecule has 1 aliphatic rings. The van der Waals surface area contributed by atoms with Gasteiger partial charge in [-0.05, 0) is 36.2 Å². The first-order valence-electron chi connectivity index (χ1n) is 5.16. The summed E-state index contributed by atoms with van der Waals surface area (Å²) in [6.45, 7) is 0. The molecule has 5 nitrogen and oxygen atoms in total. The zero-order valence-corrected chi connectivity index (χ0v) is 9.94. The molecule has 18 heavy (non-hydrogen) atoms. The molecule has 0 spiro atoms. The number of carbonyl (C=O) groups excluding carboxylic acids is 1. The Hall–Kier alpha value is -2.21. The SMILES string of the molecule is O=C(Oc1ccc2c(c1)SNC=N2)c1ccoc1. The minimum absolute atomic E-state index is 0.386. The van der Waals surface area contributed by atoms with Crippen LogP contribution in [0.15, 0.2) is 51.1 Å². The summed E-state index contributed by atoms with van der Waals surface area (Å²) in [5, 5.41) is 0. The van der Waals surface area contributed by atoms with Crippen LogP contribution in [-0.2, 0) is 0 Å². The number of hydrogen-bond donors (Lipinski definition) is 1. The average Bonchev–Trinajstić information content (AvgIpc) is 2.92. The molecule has 3 rings (SSSR count). The normalized spacial score (nSPS) is 12.7. The maximum absolute atomic E-state index is 11.7. The molecule has 0 amide bonds. The molecule has 0 fully saturated rings. The van der Waals surface area contributed by atoms with E-state index < -0.39 is 5.97 Å². The molecule has 1 aromatic heterocycles. The largest absolute Gasteiger partial charge is 0.472 e. The van der Waals surface area contributed by atoms with Crippen molar-refractivity contribution in [1.29, 1.82) is 0 Å². The molecule has 1 N–H and O–H groups in total. The minimum Gasteiger partial charge on any atom is -0.472 e. The molecule has 0 saturated heterocycles. The van der Waals surface area contributed by atoms with Crippen LogP contribution in [0.2, 0.25) is 0 Å². The number of fused-ring (bicyclic) bond motifs is 1. The molecule has 0 bridgehead atoms. The van der Waals surface area contributed by atoms with Crippen LogP contribution in [0.5, 0.6) is 5.75 Å². The Morgan fingerprint density at radius 3 is 3.17 bits per heavy atom. The van der Waals surface area contributed by atoms with E-state index in [1.807, 2.05) is 0 Å². The van der Waals surface area contributed by atoms with Gasteiger partial charge in [0, 0.05) is 0 Å². The van der Waals surface area contributed by atoms with Gasteiger partial charge in [0.2, 0.25) is 0 Å². The predicted octanol–water partition coefficient (Wildman–Crippen LogP) is 2.77. The smallest absolute Gasteiger partial charge is 0.346 e. The van der Waals surface area contributed by atoms with Crippen molar-refractivity contribution < 1.29 is 13.9 Å². The summed E-state index contributed by atoms with van der Waals surface area (Å²) in [4.78, 5) is 16.8. The van der Waals surface area contributed by atoms with Gasteiger partial charge in [-0.2, -0.15) is 0 Å². The first-order chi connectivity index (χ1) is 8.83. The van der Waals surface area contributed by atoms with Gasteiger partial charge < -0.3 is 13.9 Å². The standard InChI is InChI=1S/C12H8N2O3S/c15-12(8-3-4-16-6-8)17-9-1-2-10-11(5-9)18-14-7-13-10/h1-7H,(H,13,14). The average molecular weight is 260 g/mol. The van der Waals surface area contributed by atoms with Crippen LogP contribution >= 0.6 is 11.9 Å². The number of ether oxygens (including phenoxy) is 1. The minimum atomic E-state index is -0.444. The monoisotopic (exact) mass is 260 g/mol. The van der Waals surface area contributed by atoms with Crippen LogP contribution in [-0.4, -0.2) is 12.3 Å². The zero-order chi connectivity index (χ0) is 12.4. The highest BCUT2D eigenvalue weighted by Gasteiger charge is 2.12. The van der Waals surface area contributed by atoms with E-state index in [0.717, 1.165) is 10.6 Å². The van der Waals surface area contributed by atoms with Crippen molar-refractivity contribution in [2.24, 2.45) is 4.99 Å². The molecule has 0 saturated carbocycles. The second-order valence-corrected chi connectivity index (χ2v) is 4.39. The highest BCUT2D eigenvalue weighted by atomic mass is 32.2. The van der Waals surface area contributed by atoms with Gasteiger partial charge in [0.25, 0.3) is 0 Å². The summed E-state index contributed by atoms with van der Waals surface area (Å²) in [6.07, 6.45) is 4.39. The van der Waals surface area contributed by atoms with E-state index in [9.17, 15) is 4.79 Å². The molecule has 2 aromatic rings. The van der Waals surface area contributed by atoms with Gasteiger partial charge in [0.1, 0.15) is 12.0 Å². The summed E-state index contributed by atoms with van der Waals surface area (Å²) >= 11 is 1.42. The number of rotatable bonds is 2. The summed E-state index contributed by atoms with van der Waals surface area (Å²) in [5.41, 5.74) is 1.23. The lowest BCUT2D eigenvalue weighted by molar-refractivity contribution is 0.0733. The Morgan fingerprint density at radius 1 is 1.39 bits per heavy atom. The molecule has 2 heterocycles. The molecular weight excluding hydrogens is 252 g/mol. The Labute approximate surface area is 107 Å². The molecule has 1 aliphatic heterocycles. The second kappa shape index (κ2) is 4.58. The quantitative estimate of drug-likeness (QED) is 0.511. The molecule has 6 heteroatoms. The van der Waals surface area contributed by atoms with Crippen molar-refractivity contribution in [2.45, 2.75) is 4.90 Å². The summed E-state index contributed by atoms with van der Waals surface area (Å²) < 4.78 is 13.0. The molecule has 0 unspecified atom stereocenters. The van der Waals surface area contributed by atoms with Crippen molar-refractivity contribution in [2.75, 3.05) is 0 Å². The fourth-order valence-electron chi connectivity index (χ4n) is 1.48. The van der Waals surface area contributed by atoms with Crippen molar-refractivity contribution in [3.8, 4) is 5.75 Å². The summed E-state index contributed by atoms with van der Waals surface area (Å²) in [7, 11) is 0. The van der Waals surface area contributed by atoms with Crippen molar-refractivity contribution in [1.82, 2.24) is 4.72 Å². The third-order valence-corrected chi connectivity index (χ3v) is 3.09. The molecule has 0 atom stereocenters. The molecular formula is C12H8N2O3S. The van der Waals surface area contributed by atoms with Gasteiger partial charge in [0.15, 0.2) is 0 Å². The zero-order valence-electron chi connectivity index (χ0n) is 9.12. The number of esters is 1. The maximum Gasteiger partial charge on any atom is 0.346 e. The van der Waals surface area contributed by atoms with E-state index >= 15 is 0 Å². The highest BCUT2D eigenvalue weighted by molar-refractivity contribution is 7.98. The lowest BCUT2D eigenvalue weighted by Gasteiger charge is -2.11. The predicted molar refractivity (Wildman–Crippen MR) is 67.3 cm³/mol. The Kier molecular flexibility index (Phi) is 2.77. The number of benzene rings is 1. The first kappa shape index (κ1) is 10.9. The third kappa shape index (κ3) is 2.10. The molecule has 0 aliphatic carbocycles. The van der Waals surface area contributed by atoms with Crippen LogP contribution in [0.1, 0.15) is 10.4 Å². The van der Waals surface area contributed by atoms with Gasteiger partial charge in [0.05, 0.1) is 28.7 Å². The van der Waals surface area contributed by atoms with Crippen LogP contribution in [0.25, 0.3) is 0 Å². The van der Waals surface area contributed by atoms with Crippen molar-refractivity contribution in [3.05, 3.63) is 42.4 Å². The lowest BCUT2D eigenvalue weighted by Crippen LogP contribution is -2.08. The fraction of sp³-hybridized carbons (Fsp3) is 0.